The number of fused-ring (bicyclic) bond motifs is 1. The molecule has 5 rings (SSSR count). The van der Waals surface area contributed by atoms with Crippen molar-refractivity contribution in [3.63, 3.8) is 0 Å². The number of nitrogens with one attached hydrogen (secondary N) is 2. The van der Waals surface area contributed by atoms with E-state index in [-0.39, 0.29) is 11.6 Å². The van der Waals surface area contributed by atoms with Gasteiger partial charge in [-0.15, -0.1) is 0 Å². The zero-order valence-corrected chi connectivity index (χ0v) is 18.5. The molecule has 0 unspecified atom stereocenters. The highest BCUT2D eigenvalue weighted by atomic mass is 19.3. The summed E-state index contributed by atoms with van der Waals surface area (Å²) in [6.07, 6.45) is 2.44. The predicted octanol–water partition coefficient (Wildman–Crippen LogP) is 5.48. The van der Waals surface area contributed by atoms with Gasteiger partial charge in [0.05, 0.1) is 28.0 Å². The third kappa shape index (κ3) is 4.26. The first-order chi connectivity index (χ1) is 16.5. The van der Waals surface area contributed by atoms with Crippen LogP contribution in [0.3, 0.4) is 0 Å². The van der Waals surface area contributed by atoms with E-state index in [0.29, 0.717) is 47.4 Å². The Labute approximate surface area is 194 Å². The number of rotatable bonds is 5. The molecule has 0 aliphatic carbocycles. The minimum atomic E-state index is -2.69. The summed E-state index contributed by atoms with van der Waals surface area (Å²) < 4.78 is 32.5. The van der Waals surface area contributed by atoms with Gasteiger partial charge in [-0.3, -0.25) is 9.78 Å². The number of hydrogen-bond donors (Lipinski definition) is 2. The Morgan fingerprint density at radius 1 is 1.15 bits per heavy atom. The number of aromatic amines is 1. The van der Waals surface area contributed by atoms with E-state index in [1.54, 1.807) is 36.7 Å². The summed E-state index contributed by atoms with van der Waals surface area (Å²) in [4.78, 5) is 28.1. The van der Waals surface area contributed by atoms with Crippen LogP contribution in [0.2, 0.25) is 0 Å². The van der Waals surface area contributed by atoms with E-state index in [1.165, 1.54) is 13.0 Å². The standard InChI is InChI=1S/C25H23F2N5O2/c1-14(33)30-20-13-16(5-9-28-20)22-21(18-3-2-4-19(31-18)25(26)27)24-23(32-22)17(6-10-29-24)15-7-11-34-12-8-15/h2-6,9-10,13,15,25,32H,7-8,11-12H2,1H3,(H,28,30,33). The second-order valence-corrected chi connectivity index (χ2v) is 8.24. The molecule has 7 nitrogen and oxygen atoms in total. The fourth-order valence-electron chi connectivity index (χ4n) is 4.47. The third-order valence-corrected chi connectivity index (χ3v) is 5.98. The molecule has 1 saturated heterocycles. The number of anilines is 1. The monoisotopic (exact) mass is 463 g/mol. The summed E-state index contributed by atoms with van der Waals surface area (Å²) in [7, 11) is 0. The quantitative estimate of drug-likeness (QED) is 0.409. The molecule has 0 spiro atoms. The van der Waals surface area contributed by atoms with Crippen LogP contribution in [0.1, 0.15) is 43.4 Å². The van der Waals surface area contributed by atoms with Gasteiger partial charge in [-0.25, -0.2) is 18.7 Å². The molecule has 9 heteroatoms. The van der Waals surface area contributed by atoms with Crippen molar-refractivity contribution in [2.75, 3.05) is 18.5 Å². The Balaban J connectivity index is 1.74. The van der Waals surface area contributed by atoms with Gasteiger partial charge >= 0.3 is 0 Å². The van der Waals surface area contributed by atoms with Crippen LogP contribution in [0.15, 0.2) is 48.8 Å². The zero-order chi connectivity index (χ0) is 23.7. The number of halogens is 2. The lowest BCUT2D eigenvalue weighted by Crippen LogP contribution is -2.14. The topological polar surface area (TPSA) is 92.8 Å². The Morgan fingerprint density at radius 3 is 2.71 bits per heavy atom. The van der Waals surface area contributed by atoms with E-state index in [1.807, 2.05) is 6.07 Å². The molecule has 0 saturated carbocycles. The molecule has 0 atom stereocenters. The van der Waals surface area contributed by atoms with Crippen LogP contribution in [0.4, 0.5) is 14.6 Å². The summed E-state index contributed by atoms with van der Waals surface area (Å²) in [6, 6.07) is 10.1. The van der Waals surface area contributed by atoms with Crippen LogP contribution in [0.25, 0.3) is 33.5 Å². The molecule has 4 aromatic heterocycles. The number of carbonyl (C=O) groups excluding carboxylic acids is 1. The minimum Gasteiger partial charge on any atom is -0.381 e. The van der Waals surface area contributed by atoms with Crippen LogP contribution < -0.4 is 5.32 Å². The molecule has 1 aliphatic heterocycles. The number of aromatic nitrogens is 4. The SMILES string of the molecule is CC(=O)Nc1cc(-c2[nH]c3c(C4CCOCC4)ccnc3c2-c2cccc(C(F)F)n2)ccn1. The number of hydrogen-bond acceptors (Lipinski definition) is 5. The second kappa shape index (κ2) is 9.26. The highest BCUT2D eigenvalue weighted by molar-refractivity contribution is 6.02. The van der Waals surface area contributed by atoms with Crippen molar-refractivity contribution in [3.05, 3.63) is 60.0 Å². The first-order valence-corrected chi connectivity index (χ1v) is 11.1. The molecular formula is C25H23F2N5O2. The number of pyridine rings is 3. The molecule has 174 valence electrons. The number of carbonyl (C=O) groups is 1. The smallest absolute Gasteiger partial charge is 0.280 e. The van der Waals surface area contributed by atoms with Gasteiger partial charge in [0.2, 0.25) is 5.91 Å². The van der Waals surface area contributed by atoms with Crippen LogP contribution in [0, 0.1) is 0 Å². The van der Waals surface area contributed by atoms with Crippen molar-refractivity contribution in [1.29, 1.82) is 0 Å². The molecule has 0 bridgehead atoms. The normalized spacial score (nSPS) is 14.6. The number of amides is 1. The molecule has 4 aromatic rings. The zero-order valence-electron chi connectivity index (χ0n) is 18.5. The number of nitrogens with zero attached hydrogens (tertiary/aromatic N) is 3. The van der Waals surface area contributed by atoms with Gasteiger partial charge in [-0.05, 0) is 54.7 Å². The number of alkyl halides is 2. The van der Waals surface area contributed by atoms with Gasteiger partial charge in [-0.2, -0.15) is 0 Å². The summed E-state index contributed by atoms with van der Waals surface area (Å²) in [5.74, 6) is 0.448. The second-order valence-electron chi connectivity index (χ2n) is 8.24. The molecule has 34 heavy (non-hydrogen) atoms. The number of ether oxygens (including phenoxy) is 1. The Morgan fingerprint density at radius 2 is 1.94 bits per heavy atom. The average molecular weight is 463 g/mol. The summed E-state index contributed by atoms with van der Waals surface area (Å²) in [6.45, 7) is 2.79. The third-order valence-electron chi connectivity index (χ3n) is 5.98. The van der Waals surface area contributed by atoms with Crippen molar-refractivity contribution >= 4 is 22.8 Å². The lowest BCUT2D eigenvalue weighted by Gasteiger charge is -2.22. The first-order valence-electron chi connectivity index (χ1n) is 11.1. The molecule has 0 radical (unpaired) electrons. The minimum absolute atomic E-state index is 0.240. The summed E-state index contributed by atoms with van der Waals surface area (Å²) >= 11 is 0. The maximum atomic E-state index is 13.5. The molecule has 0 aromatic carbocycles. The largest absolute Gasteiger partial charge is 0.381 e. The number of H-pyrrole nitrogens is 1. The van der Waals surface area contributed by atoms with Gasteiger partial charge in [0, 0.05) is 38.1 Å². The van der Waals surface area contributed by atoms with E-state index < -0.39 is 6.43 Å². The summed E-state index contributed by atoms with van der Waals surface area (Å²) in [5, 5.41) is 2.69. The van der Waals surface area contributed by atoms with Crippen molar-refractivity contribution < 1.29 is 18.3 Å². The highest BCUT2D eigenvalue weighted by Gasteiger charge is 2.24. The van der Waals surface area contributed by atoms with Crippen molar-refractivity contribution in [2.45, 2.75) is 32.1 Å². The Bertz CT molecular complexity index is 1350. The van der Waals surface area contributed by atoms with Crippen molar-refractivity contribution in [1.82, 2.24) is 19.9 Å². The molecule has 1 amide bonds. The maximum Gasteiger partial charge on any atom is 0.280 e. The molecule has 1 fully saturated rings. The molecular weight excluding hydrogens is 440 g/mol. The lowest BCUT2D eigenvalue weighted by atomic mass is 9.91. The molecule has 1 aliphatic rings. The average Bonchev–Trinajstić information content (AvgIpc) is 3.24. The van der Waals surface area contributed by atoms with E-state index in [2.05, 4.69) is 25.3 Å². The van der Waals surface area contributed by atoms with Crippen molar-refractivity contribution in [2.24, 2.45) is 0 Å². The van der Waals surface area contributed by atoms with E-state index in [9.17, 15) is 13.6 Å². The van der Waals surface area contributed by atoms with Crippen LogP contribution >= 0.6 is 0 Å². The Hall–Kier alpha value is -3.72. The van der Waals surface area contributed by atoms with Gasteiger partial charge in [0.25, 0.3) is 6.43 Å². The van der Waals surface area contributed by atoms with Crippen LogP contribution in [-0.4, -0.2) is 39.1 Å². The fraction of sp³-hybridized carbons (Fsp3) is 0.280. The maximum absolute atomic E-state index is 13.5. The predicted molar refractivity (Wildman–Crippen MR) is 125 cm³/mol. The first kappa shape index (κ1) is 22.1. The molecule has 2 N–H and O–H groups in total. The van der Waals surface area contributed by atoms with Crippen LogP contribution in [0.5, 0.6) is 0 Å². The van der Waals surface area contributed by atoms with E-state index in [0.717, 1.165) is 29.5 Å². The van der Waals surface area contributed by atoms with Gasteiger partial charge in [0.1, 0.15) is 11.5 Å². The van der Waals surface area contributed by atoms with Gasteiger partial charge < -0.3 is 15.0 Å². The van der Waals surface area contributed by atoms with E-state index in [4.69, 9.17) is 4.74 Å². The Kier molecular flexibility index (Phi) is 6.02. The van der Waals surface area contributed by atoms with Crippen molar-refractivity contribution in [3.8, 4) is 22.5 Å². The molecule has 5 heterocycles. The van der Waals surface area contributed by atoms with E-state index >= 15 is 0 Å². The van der Waals surface area contributed by atoms with Crippen LogP contribution in [-0.2, 0) is 9.53 Å². The lowest BCUT2D eigenvalue weighted by molar-refractivity contribution is -0.114. The van der Waals surface area contributed by atoms with Gasteiger partial charge in [-0.1, -0.05) is 6.07 Å². The summed E-state index contributed by atoms with van der Waals surface area (Å²) in [5.41, 5.74) is 4.76. The highest BCUT2D eigenvalue weighted by Crippen LogP contribution is 2.41. The fourth-order valence-corrected chi connectivity index (χ4v) is 4.47. The van der Waals surface area contributed by atoms with Gasteiger partial charge in [0.15, 0.2) is 0 Å².